The molecule has 28 heavy (non-hydrogen) atoms. The number of halogens is 2. The van der Waals surface area contributed by atoms with Crippen LogP contribution in [-0.2, 0) is 4.79 Å². The second-order valence-corrected chi connectivity index (χ2v) is 7.16. The highest BCUT2D eigenvalue weighted by Gasteiger charge is 2.32. The Morgan fingerprint density at radius 2 is 2.14 bits per heavy atom. The van der Waals surface area contributed by atoms with Gasteiger partial charge in [0.05, 0.1) is 17.8 Å². The molecule has 2 fully saturated rings. The number of hydrogen-bond donors (Lipinski definition) is 1. The van der Waals surface area contributed by atoms with Crippen LogP contribution in [-0.4, -0.2) is 80.6 Å². The fourth-order valence-electron chi connectivity index (χ4n) is 3.72. The molecule has 3 heterocycles. The van der Waals surface area contributed by atoms with Crippen molar-refractivity contribution in [3.05, 3.63) is 35.1 Å². The molecule has 0 spiro atoms. The number of hydrogen-bond acceptors (Lipinski definition) is 6. The van der Waals surface area contributed by atoms with E-state index >= 15 is 0 Å². The first kappa shape index (κ1) is 20.5. The molecule has 2 aliphatic rings. The second-order valence-electron chi connectivity index (χ2n) is 6.73. The number of amides is 2. The third kappa shape index (κ3) is 4.11. The summed E-state index contributed by atoms with van der Waals surface area (Å²) >= 11 is 6.14. The number of nitrogens with one attached hydrogen (secondary N) is 1. The number of rotatable bonds is 3. The van der Waals surface area contributed by atoms with Gasteiger partial charge in [0.2, 0.25) is 5.91 Å². The van der Waals surface area contributed by atoms with Gasteiger partial charge in [0.1, 0.15) is 6.33 Å². The van der Waals surface area contributed by atoms with Crippen molar-refractivity contribution < 1.29 is 9.59 Å². The summed E-state index contributed by atoms with van der Waals surface area (Å²) in [4.78, 5) is 29.2. The van der Waals surface area contributed by atoms with Gasteiger partial charge in [0.15, 0.2) is 0 Å². The molecule has 2 saturated heterocycles. The van der Waals surface area contributed by atoms with Crippen molar-refractivity contribution in [2.75, 3.05) is 32.7 Å². The Morgan fingerprint density at radius 3 is 2.89 bits per heavy atom. The van der Waals surface area contributed by atoms with Crippen molar-refractivity contribution in [3.8, 4) is 5.69 Å². The Morgan fingerprint density at radius 1 is 1.29 bits per heavy atom. The Labute approximate surface area is 173 Å². The summed E-state index contributed by atoms with van der Waals surface area (Å²) in [5.41, 5.74) is 1.02. The molecule has 4 rings (SSSR count). The molecule has 2 aromatic rings. The summed E-state index contributed by atoms with van der Waals surface area (Å²) in [7, 11) is 0. The topological polar surface area (TPSA) is 96.2 Å². The maximum Gasteiger partial charge on any atom is 0.256 e. The third-order valence-electron chi connectivity index (χ3n) is 5.04. The van der Waals surface area contributed by atoms with E-state index in [9.17, 15) is 9.59 Å². The summed E-state index contributed by atoms with van der Waals surface area (Å²) in [5.74, 6) is -0.0343. The number of carbonyl (C=O) groups excluding carboxylic acids is 2. The van der Waals surface area contributed by atoms with E-state index in [1.165, 1.54) is 11.0 Å². The minimum atomic E-state index is -0.129. The highest BCUT2D eigenvalue weighted by Crippen LogP contribution is 2.24. The first-order chi connectivity index (χ1) is 13.1. The van der Waals surface area contributed by atoms with Gasteiger partial charge in [-0.2, -0.15) is 4.68 Å². The van der Waals surface area contributed by atoms with Crippen molar-refractivity contribution in [2.24, 2.45) is 0 Å². The van der Waals surface area contributed by atoms with E-state index in [1.807, 2.05) is 4.90 Å². The van der Waals surface area contributed by atoms with E-state index in [4.69, 9.17) is 11.6 Å². The molecule has 1 atom stereocenters. The first-order valence-electron chi connectivity index (χ1n) is 8.96. The van der Waals surface area contributed by atoms with Gasteiger partial charge < -0.3 is 15.1 Å². The molecule has 9 nitrogen and oxygen atoms in total. The molecule has 0 radical (unpaired) electrons. The number of tetrazole rings is 1. The summed E-state index contributed by atoms with van der Waals surface area (Å²) in [6, 6.07) is 5.12. The SMILES string of the molecule is Cl.O=C(c1cc(Cl)ccc1-n1cnnn1)N1CCCC(N2CCNCC2=O)C1. The Bertz CT molecular complexity index is 846. The monoisotopic (exact) mass is 425 g/mol. The largest absolute Gasteiger partial charge is 0.337 e. The van der Waals surface area contributed by atoms with Crippen LogP contribution >= 0.6 is 24.0 Å². The smallest absolute Gasteiger partial charge is 0.256 e. The highest BCUT2D eigenvalue weighted by molar-refractivity contribution is 6.31. The number of nitrogens with zero attached hydrogens (tertiary/aromatic N) is 6. The molecule has 0 bridgehead atoms. The lowest BCUT2D eigenvalue weighted by molar-refractivity contribution is -0.135. The lowest BCUT2D eigenvalue weighted by Gasteiger charge is -2.41. The van der Waals surface area contributed by atoms with Gasteiger partial charge in [-0.3, -0.25) is 9.59 Å². The van der Waals surface area contributed by atoms with Crippen LogP contribution < -0.4 is 5.32 Å². The molecular weight excluding hydrogens is 405 g/mol. The van der Waals surface area contributed by atoms with Gasteiger partial charge in [-0.15, -0.1) is 17.5 Å². The van der Waals surface area contributed by atoms with Gasteiger partial charge in [-0.25, -0.2) is 0 Å². The molecule has 0 aliphatic carbocycles. The second kappa shape index (κ2) is 8.85. The van der Waals surface area contributed by atoms with Crippen molar-refractivity contribution in [1.29, 1.82) is 0 Å². The molecule has 150 valence electrons. The first-order valence-corrected chi connectivity index (χ1v) is 9.33. The molecule has 1 aromatic heterocycles. The summed E-state index contributed by atoms with van der Waals surface area (Å²) in [6.45, 7) is 3.00. The van der Waals surface area contributed by atoms with E-state index in [0.717, 1.165) is 19.4 Å². The number of aromatic nitrogens is 4. The average Bonchev–Trinajstić information content (AvgIpc) is 3.22. The minimum absolute atomic E-state index is 0. The van der Waals surface area contributed by atoms with Crippen LogP contribution in [0.5, 0.6) is 0 Å². The van der Waals surface area contributed by atoms with Gasteiger partial charge in [-0.05, 0) is 41.5 Å². The lowest BCUT2D eigenvalue weighted by atomic mass is 10.0. The van der Waals surface area contributed by atoms with E-state index < -0.39 is 0 Å². The van der Waals surface area contributed by atoms with Crippen molar-refractivity contribution in [2.45, 2.75) is 18.9 Å². The zero-order valence-electron chi connectivity index (χ0n) is 15.1. The standard InChI is InChI=1S/C17H20ClN7O2.ClH/c18-12-3-4-15(25-11-20-21-22-25)14(8-12)17(27)23-6-1-2-13(10-23)24-7-5-19-9-16(24)26;/h3-4,8,11,13,19H,1-2,5-7,9-10H2;1H. The summed E-state index contributed by atoms with van der Waals surface area (Å²) < 4.78 is 1.45. The molecule has 0 saturated carbocycles. The quantitative estimate of drug-likeness (QED) is 0.779. The fourth-order valence-corrected chi connectivity index (χ4v) is 3.89. The van der Waals surface area contributed by atoms with Crippen LogP contribution in [0.4, 0.5) is 0 Å². The predicted octanol–water partition coefficient (Wildman–Crippen LogP) is 0.774. The van der Waals surface area contributed by atoms with E-state index in [2.05, 4.69) is 20.8 Å². The number of piperazine rings is 1. The van der Waals surface area contributed by atoms with E-state index in [-0.39, 0.29) is 30.3 Å². The van der Waals surface area contributed by atoms with Gasteiger partial charge in [-0.1, -0.05) is 11.6 Å². The van der Waals surface area contributed by atoms with Crippen molar-refractivity contribution in [1.82, 2.24) is 35.3 Å². The van der Waals surface area contributed by atoms with Crippen molar-refractivity contribution in [3.63, 3.8) is 0 Å². The van der Waals surface area contributed by atoms with Crippen LogP contribution in [0.25, 0.3) is 5.69 Å². The zero-order chi connectivity index (χ0) is 18.8. The maximum atomic E-state index is 13.2. The maximum absolute atomic E-state index is 13.2. The molecule has 1 N–H and O–H groups in total. The van der Waals surface area contributed by atoms with Crippen LogP contribution in [0.3, 0.4) is 0 Å². The van der Waals surface area contributed by atoms with Gasteiger partial charge in [0, 0.05) is 37.2 Å². The fraction of sp³-hybridized carbons (Fsp3) is 0.471. The normalized spacial score (nSPS) is 20.0. The molecule has 11 heteroatoms. The lowest BCUT2D eigenvalue weighted by Crippen LogP contribution is -2.57. The highest BCUT2D eigenvalue weighted by atomic mass is 35.5. The third-order valence-corrected chi connectivity index (χ3v) is 5.27. The van der Waals surface area contributed by atoms with Gasteiger partial charge in [0.25, 0.3) is 5.91 Å². The van der Waals surface area contributed by atoms with E-state index in [1.54, 1.807) is 23.1 Å². The average molecular weight is 426 g/mol. The molecule has 2 amide bonds. The van der Waals surface area contributed by atoms with Crippen LogP contribution in [0.1, 0.15) is 23.2 Å². The molecule has 1 unspecified atom stereocenters. The molecule has 2 aliphatic heterocycles. The Hall–Kier alpha value is -2.23. The predicted molar refractivity (Wildman–Crippen MR) is 105 cm³/mol. The molecular formula is C17H21Cl2N7O2. The summed E-state index contributed by atoms with van der Waals surface area (Å²) in [6.07, 6.45) is 3.21. The van der Waals surface area contributed by atoms with E-state index in [0.29, 0.717) is 42.5 Å². The Balaban J connectivity index is 0.00000225. The number of benzene rings is 1. The van der Waals surface area contributed by atoms with Crippen molar-refractivity contribution >= 4 is 35.8 Å². The van der Waals surface area contributed by atoms with Crippen LogP contribution in [0.15, 0.2) is 24.5 Å². The zero-order valence-corrected chi connectivity index (χ0v) is 16.7. The Kier molecular flexibility index (Phi) is 6.48. The van der Waals surface area contributed by atoms with Crippen LogP contribution in [0.2, 0.25) is 5.02 Å². The molecule has 1 aromatic carbocycles. The van der Waals surface area contributed by atoms with Crippen LogP contribution in [0, 0.1) is 0 Å². The summed E-state index contributed by atoms with van der Waals surface area (Å²) in [5, 5.41) is 14.7. The number of piperidine rings is 1. The van der Waals surface area contributed by atoms with Gasteiger partial charge >= 0.3 is 0 Å². The minimum Gasteiger partial charge on any atom is -0.337 e. The number of carbonyl (C=O) groups is 2. The number of likely N-dealkylation sites (tertiary alicyclic amines) is 1.